The second-order valence-corrected chi connectivity index (χ2v) is 4.95. The van der Waals surface area contributed by atoms with Crippen LogP contribution in [0.5, 0.6) is 5.75 Å². The Labute approximate surface area is 126 Å². The quantitative estimate of drug-likeness (QED) is 0.868. The van der Waals surface area contributed by atoms with E-state index in [0.29, 0.717) is 17.1 Å². The van der Waals surface area contributed by atoms with Crippen molar-refractivity contribution in [1.82, 2.24) is 10.3 Å². The third-order valence-electron chi connectivity index (χ3n) is 3.04. The highest BCUT2D eigenvalue weighted by molar-refractivity contribution is 6.30. The van der Waals surface area contributed by atoms with Crippen molar-refractivity contribution in [2.24, 2.45) is 0 Å². The SMILES string of the molecule is C[C@H](NCc1cc(Cl)ccc1OC(F)F)c1ccncc1. The summed E-state index contributed by atoms with van der Waals surface area (Å²) in [5.74, 6) is 0.129. The molecule has 1 aromatic carbocycles. The number of nitrogens with one attached hydrogen (secondary N) is 1. The monoisotopic (exact) mass is 312 g/mol. The molecule has 1 aromatic heterocycles. The zero-order valence-corrected chi connectivity index (χ0v) is 12.1. The van der Waals surface area contributed by atoms with E-state index in [1.165, 1.54) is 12.1 Å². The van der Waals surface area contributed by atoms with E-state index in [1.54, 1.807) is 18.5 Å². The van der Waals surface area contributed by atoms with Gasteiger partial charge in [0.2, 0.25) is 0 Å². The molecule has 2 rings (SSSR count). The van der Waals surface area contributed by atoms with E-state index in [-0.39, 0.29) is 11.8 Å². The number of benzene rings is 1. The number of rotatable bonds is 6. The highest BCUT2D eigenvalue weighted by Gasteiger charge is 2.12. The Balaban J connectivity index is 2.07. The summed E-state index contributed by atoms with van der Waals surface area (Å²) in [6.07, 6.45) is 3.41. The minimum atomic E-state index is -2.86. The molecule has 1 heterocycles. The molecule has 0 bridgehead atoms. The summed E-state index contributed by atoms with van der Waals surface area (Å²) in [6.45, 7) is -0.512. The maximum Gasteiger partial charge on any atom is 0.387 e. The Morgan fingerprint density at radius 1 is 1.24 bits per heavy atom. The molecular weight excluding hydrogens is 298 g/mol. The van der Waals surface area contributed by atoms with Crippen LogP contribution in [0.15, 0.2) is 42.7 Å². The van der Waals surface area contributed by atoms with Gasteiger partial charge in [-0.15, -0.1) is 0 Å². The van der Waals surface area contributed by atoms with Crippen molar-refractivity contribution in [3.8, 4) is 5.75 Å². The fraction of sp³-hybridized carbons (Fsp3) is 0.267. The first kappa shape index (κ1) is 15.7. The van der Waals surface area contributed by atoms with Crippen LogP contribution >= 0.6 is 11.6 Å². The topological polar surface area (TPSA) is 34.1 Å². The largest absolute Gasteiger partial charge is 0.434 e. The van der Waals surface area contributed by atoms with Crippen molar-refractivity contribution in [2.75, 3.05) is 0 Å². The molecule has 1 N–H and O–H groups in total. The number of aromatic nitrogens is 1. The van der Waals surface area contributed by atoms with Crippen molar-refractivity contribution < 1.29 is 13.5 Å². The molecule has 0 amide bonds. The molecule has 0 saturated carbocycles. The number of ether oxygens (including phenoxy) is 1. The van der Waals surface area contributed by atoms with Crippen LogP contribution in [-0.4, -0.2) is 11.6 Å². The van der Waals surface area contributed by atoms with E-state index in [1.807, 2.05) is 19.1 Å². The van der Waals surface area contributed by atoms with Crippen LogP contribution in [0.25, 0.3) is 0 Å². The number of hydrogen-bond donors (Lipinski definition) is 1. The first-order chi connectivity index (χ1) is 10.1. The minimum Gasteiger partial charge on any atom is -0.434 e. The maximum absolute atomic E-state index is 12.4. The lowest BCUT2D eigenvalue weighted by Crippen LogP contribution is -2.19. The fourth-order valence-electron chi connectivity index (χ4n) is 1.93. The fourth-order valence-corrected chi connectivity index (χ4v) is 2.12. The standard InChI is InChI=1S/C15H15ClF2N2O/c1-10(11-4-6-19-7-5-11)20-9-12-8-13(16)2-3-14(12)21-15(17)18/h2-8,10,15,20H,9H2,1H3/t10-/m0/s1. The zero-order chi connectivity index (χ0) is 15.2. The van der Waals surface area contributed by atoms with Gasteiger partial charge in [0.25, 0.3) is 0 Å². The molecule has 112 valence electrons. The highest BCUT2D eigenvalue weighted by atomic mass is 35.5. The summed E-state index contributed by atoms with van der Waals surface area (Å²) in [5, 5.41) is 3.72. The third kappa shape index (κ3) is 4.65. The number of halogens is 3. The maximum atomic E-state index is 12.4. The lowest BCUT2D eigenvalue weighted by Gasteiger charge is -2.16. The van der Waals surface area contributed by atoms with Gasteiger partial charge in [0.15, 0.2) is 0 Å². The van der Waals surface area contributed by atoms with E-state index < -0.39 is 6.61 Å². The average molecular weight is 313 g/mol. The second-order valence-electron chi connectivity index (χ2n) is 4.51. The molecule has 0 aliphatic carbocycles. The molecule has 3 nitrogen and oxygen atoms in total. The van der Waals surface area contributed by atoms with E-state index >= 15 is 0 Å². The second kappa shape index (κ2) is 7.33. The third-order valence-corrected chi connectivity index (χ3v) is 3.28. The van der Waals surface area contributed by atoms with Crippen molar-refractivity contribution in [3.05, 3.63) is 58.9 Å². The number of hydrogen-bond acceptors (Lipinski definition) is 3. The molecule has 0 fully saturated rings. The number of nitrogens with zero attached hydrogens (tertiary/aromatic N) is 1. The van der Waals surface area contributed by atoms with Crippen molar-refractivity contribution in [3.63, 3.8) is 0 Å². The van der Waals surface area contributed by atoms with E-state index in [4.69, 9.17) is 11.6 Å². The zero-order valence-electron chi connectivity index (χ0n) is 11.4. The van der Waals surface area contributed by atoms with Crippen molar-refractivity contribution >= 4 is 11.6 Å². The normalized spacial score (nSPS) is 12.4. The van der Waals surface area contributed by atoms with Crippen LogP contribution in [0, 0.1) is 0 Å². The first-order valence-corrected chi connectivity index (χ1v) is 6.80. The molecule has 0 spiro atoms. The summed E-state index contributed by atoms with van der Waals surface area (Å²) >= 11 is 5.91. The van der Waals surface area contributed by atoms with Crippen LogP contribution in [-0.2, 0) is 6.54 Å². The van der Waals surface area contributed by atoms with Gasteiger partial charge in [-0.1, -0.05) is 11.6 Å². The first-order valence-electron chi connectivity index (χ1n) is 6.43. The van der Waals surface area contributed by atoms with Gasteiger partial charge in [-0.3, -0.25) is 4.98 Å². The summed E-state index contributed by atoms with van der Waals surface area (Å²) < 4.78 is 29.3. The van der Waals surface area contributed by atoms with Crippen LogP contribution in [0.1, 0.15) is 24.1 Å². The molecule has 0 saturated heterocycles. The summed E-state index contributed by atoms with van der Waals surface area (Å²) in [4.78, 5) is 3.96. The summed E-state index contributed by atoms with van der Waals surface area (Å²) in [5.41, 5.74) is 1.65. The highest BCUT2D eigenvalue weighted by Crippen LogP contribution is 2.25. The molecule has 0 aliphatic heterocycles. The van der Waals surface area contributed by atoms with Crippen molar-refractivity contribution in [2.45, 2.75) is 26.1 Å². The summed E-state index contributed by atoms with van der Waals surface area (Å²) in [6, 6.07) is 8.42. The molecule has 0 aliphatic rings. The van der Waals surface area contributed by atoms with E-state index in [2.05, 4.69) is 15.0 Å². The minimum absolute atomic E-state index is 0.0476. The molecular formula is C15H15ClF2N2O. The Morgan fingerprint density at radius 2 is 1.95 bits per heavy atom. The van der Waals surface area contributed by atoms with Gasteiger partial charge in [-0.05, 0) is 42.8 Å². The van der Waals surface area contributed by atoms with E-state index in [9.17, 15) is 8.78 Å². The van der Waals surface area contributed by atoms with Crippen LogP contribution < -0.4 is 10.1 Å². The Hall–Kier alpha value is -1.72. The lowest BCUT2D eigenvalue weighted by molar-refractivity contribution is -0.0505. The van der Waals surface area contributed by atoms with Gasteiger partial charge in [-0.25, -0.2) is 0 Å². The average Bonchev–Trinajstić information content (AvgIpc) is 2.47. The molecule has 6 heteroatoms. The molecule has 2 aromatic rings. The smallest absolute Gasteiger partial charge is 0.387 e. The number of pyridine rings is 1. The van der Waals surface area contributed by atoms with Crippen LogP contribution in [0.2, 0.25) is 5.02 Å². The van der Waals surface area contributed by atoms with Gasteiger partial charge in [0, 0.05) is 35.6 Å². The van der Waals surface area contributed by atoms with Gasteiger partial charge in [-0.2, -0.15) is 8.78 Å². The summed E-state index contributed by atoms with van der Waals surface area (Å²) in [7, 11) is 0. The number of alkyl halides is 2. The van der Waals surface area contributed by atoms with Crippen LogP contribution in [0.4, 0.5) is 8.78 Å². The van der Waals surface area contributed by atoms with Crippen LogP contribution in [0.3, 0.4) is 0 Å². The molecule has 0 unspecified atom stereocenters. The van der Waals surface area contributed by atoms with Gasteiger partial charge >= 0.3 is 6.61 Å². The molecule has 0 radical (unpaired) electrons. The molecule has 21 heavy (non-hydrogen) atoms. The van der Waals surface area contributed by atoms with Gasteiger partial charge in [0.05, 0.1) is 0 Å². The lowest BCUT2D eigenvalue weighted by atomic mass is 10.1. The Morgan fingerprint density at radius 3 is 2.62 bits per heavy atom. The van der Waals surface area contributed by atoms with Gasteiger partial charge in [0.1, 0.15) is 5.75 Å². The van der Waals surface area contributed by atoms with Crippen molar-refractivity contribution in [1.29, 1.82) is 0 Å². The molecule has 1 atom stereocenters. The van der Waals surface area contributed by atoms with E-state index in [0.717, 1.165) is 5.56 Å². The predicted octanol–water partition coefficient (Wildman–Crippen LogP) is 4.19. The Kier molecular flexibility index (Phi) is 5.47. The predicted molar refractivity (Wildman–Crippen MR) is 77.6 cm³/mol. The Bertz CT molecular complexity index is 581. The van der Waals surface area contributed by atoms with Gasteiger partial charge < -0.3 is 10.1 Å².